The molecule has 0 amide bonds. The van der Waals surface area contributed by atoms with Crippen LogP contribution in [-0.4, -0.2) is 27.5 Å². The quantitative estimate of drug-likeness (QED) is 0.641. The molecule has 0 spiro atoms. The number of ketones is 1. The molecule has 1 saturated heterocycles. The number of aryl methyl sites for hydroxylation is 1. The number of hydrogen-bond donors (Lipinski definition) is 0. The molecular formula is C20H19ClN4O2. The van der Waals surface area contributed by atoms with Gasteiger partial charge in [-0.15, -0.1) is 10.2 Å². The van der Waals surface area contributed by atoms with Crippen molar-refractivity contribution >= 4 is 28.7 Å². The monoisotopic (exact) mass is 382 g/mol. The predicted molar refractivity (Wildman–Crippen MR) is 104 cm³/mol. The zero-order valence-electron chi connectivity index (χ0n) is 15.3. The number of rotatable bonds is 3. The molecule has 2 atom stereocenters. The second-order valence-corrected chi connectivity index (χ2v) is 7.11. The number of pyridine rings is 1. The first-order valence-electron chi connectivity index (χ1n) is 8.59. The molecule has 0 bridgehead atoms. The fraction of sp³-hybridized carbons (Fsp3) is 0.250. The smallest absolute Gasteiger partial charge is 0.203 e. The predicted octanol–water partition coefficient (Wildman–Crippen LogP) is 3.98. The van der Waals surface area contributed by atoms with Crippen LogP contribution in [0.25, 0.3) is 5.65 Å². The van der Waals surface area contributed by atoms with Crippen LogP contribution < -0.4 is 9.64 Å². The van der Waals surface area contributed by atoms with E-state index in [0.717, 1.165) is 17.1 Å². The van der Waals surface area contributed by atoms with E-state index in [1.165, 1.54) is 0 Å². The molecule has 6 nitrogen and oxygen atoms in total. The number of benzene rings is 1. The van der Waals surface area contributed by atoms with Crippen LogP contribution >= 0.6 is 11.6 Å². The van der Waals surface area contributed by atoms with Gasteiger partial charge >= 0.3 is 0 Å². The van der Waals surface area contributed by atoms with Crippen molar-refractivity contribution in [1.82, 2.24) is 14.6 Å². The summed E-state index contributed by atoms with van der Waals surface area (Å²) in [5, 5.41) is 8.93. The molecule has 27 heavy (non-hydrogen) atoms. The van der Waals surface area contributed by atoms with Gasteiger partial charge < -0.3 is 9.64 Å². The van der Waals surface area contributed by atoms with E-state index in [1.807, 2.05) is 59.7 Å². The molecular weight excluding hydrogens is 364 g/mol. The number of carbonyl (C=O) groups excluding carboxylic acids is 1. The summed E-state index contributed by atoms with van der Waals surface area (Å²) in [5.74, 6) is 1.11. The topological polar surface area (TPSA) is 59.7 Å². The lowest BCUT2D eigenvalue weighted by Gasteiger charge is -2.29. The molecule has 2 unspecified atom stereocenters. The van der Waals surface area contributed by atoms with Gasteiger partial charge in [-0.25, -0.2) is 0 Å². The maximum absolute atomic E-state index is 12.7. The van der Waals surface area contributed by atoms with Crippen molar-refractivity contribution in [2.75, 3.05) is 12.0 Å². The zero-order valence-corrected chi connectivity index (χ0v) is 16.1. The van der Waals surface area contributed by atoms with Gasteiger partial charge in [-0.05, 0) is 24.6 Å². The molecule has 0 radical (unpaired) electrons. The molecule has 4 rings (SSSR count). The van der Waals surface area contributed by atoms with Crippen molar-refractivity contribution in [1.29, 1.82) is 0 Å². The van der Waals surface area contributed by atoms with Crippen LogP contribution in [0.15, 0.2) is 48.8 Å². The molecule has 0 saturated carbocycles. The summed E-state index contributed by atoms with van der Waals surface area (Å²) in [5.41, 5.74) is 2.88. The molecule has 138 valence electrons. The van der Waals surface area contributed by atoms with Crippen LogP contribution in [0.5, 0.6) is 5.75 Å². The Morgan fingerprint density at radius 3 is 2.59 bits per heavy atom. The largest absolute Gasteiger partial charge is 0.493 e. The van der Waals surface area contributed by atoms with Crippen LogP contribution in [0.4, 0.5) is 5.69 Å². The maximum Gasteiger partial charge on any atom is 0.203 e. The number of methoxy groups -OCH3 is 1. The SMILES string of the molecule is C=C1C(=O)C(C)C(c2ccc(Cl)cc2)N1c1cc(OC)c2nnc(C)n2c1. The third kappa shape index (κ3) is 2.68. The average Bonchev–Trinajstić information content (AvgIpc) is 3.15. The molecule has 3 aromatic rings. The number of allylic oxidation sites excluding steroid dienone is 1. The van der Waals surface area contributed by atoms with E-state index in [0.29, 0.717) is 22.1 Å². The van der Waals surface area contributed by atoms with E-state index in [1.54, 1.807) is 7.11 Å². The third-order valence-electron chi connectivity index (χ3n) is 5.08. The Morgan fingerprint density at radius 1 is 1.22 bits per heavy atom. The Morgan fingerprint density at radius 2 is 1.93 bits per heavy atom. The number of Topliss-reactive ketones (excluding diaryl/α,β-unsaturated/α-hetero) is 1. The molecule has 1 aromatic carbocycles. The number of aromatic nitrogens is 3. The highest BCUT2D eigenvalue weighted by Gasteiger charge is 2.42. The van der Waals surface area contributed by atoms with Crippen molar-refractivity contribution < 1.29 is 9.53 Å². The van der Waals surface area contributed by atoms with Gasteiger partial charge in [0.05, 0.1) is 24.5 Å². The average molecular weight is 383 g/mol. The van der Waals surface area contributed by atoms with Gasteiger partial charge in [0, 0.05) is 23.2 Å². The summed E-state index contributed by atoms with van der Waals surface area (Å²) < 4.78 is 7.36. The number of nitrogens with zero attached hydrogens (tertiary/aromatic N) is 4. The summed E-state index contributed by atoms with van der Waals surface area (Å²) in [6, 6.07) is 9.25. The van der Waals surface area contributed by atoms with E-state index >= 15 is 0 Å². The highest BCUT2D eigenvalue weighted by atomic mass is 35.5. The Kier molecular flexibility index (Phi) is 4.15. The second-order valence-electron chi connectivity index (χ2n) is 6.67. The lowest BCUT2D eigenvalue weighted by molar-refractivity contribution is -0.117. The minimum atomic E-state index is -0.234. The van der Waals surface area contributed by atoms with Crippen molar-refractivity contribution in [3.05, 3.63) is 65.2 Å². The summed E-state index contributed by atoms with van der Waals surface area (Å²) in [4.78, 5) is 14.7. The first-order valence-corrected chi connectivity index (χ1v) is 8.97. The van der Waals surface area contributed by atoms with Crippen LogP contribution in [0.1, 0.15) is 24.4 Å². The highest BCUT2D eigenvalue weighted by molar-refractivity contribution is 6.30. The zero-order chi connectivity index (χ0) is 19.3. The first-order chi connectivity index (χ1) is 12.9. The van der Waals surface area contributed by atoms with E-state index < -0.39 is 0 Å². The fourth-order valence-corrected chi connectivity index (χ4v) is 3.80. The molecule has 0 aliphatic carbocycles. The molecule has 3 heterocycles. The van der Waals surface area contributed by atoms with E-state index in [9.17, 15) is 4.79 Å². The fourth-order valence-electron chi connectivity index (χ4n) is 3.67. The van der Waals surface area contributed by atoms with Gasteiger partial charge in [-0.3, -0.25) is 9.20 Å². The second kappa shape index (κ2) is 6.39. The van der Waals surface area contributed by atoms with E-state index in [4.69, 9.17) is 16.3 Å². The lowest BCUT2D eigenvalue weighted by atomic mass is 9.94. The number of hydrogen-bond acceptors (Lipinski definition) is 5. The van der Waals surface area contributed by atoms with Crippen LogP contribution in [0.2, 0.25) is 5.02 Å². The first kappa shape index (κ1) is 17.5. The highest BCUT2D eigenvalue weighted by Crippen LogP contribution is 2.44. The summed E-state index contributed by atoms with van der Waals surface area (Å²) in [6.07, 6.45) is 1.91. The Balaban J connectivity index is 1.90. The van der Waals surface area contributed by atoms with Gasteiger partial charge in [0.25, 0.3) is 0 Å². The van der Waals surface area contributed by atoms with Crippen molar-refractivity contribution in [3.63, 3.8) is 0 Å². The molecule has 0 N–H and O–H groups in total. The summed E-state index contributed by atoms with van der Waals surface area (Å²) in [6.45, 7) is 7.84. The number of ether oxygens (including phenoxy) is 1. The van der Waals surface area contributed by atoms with Gasteiger partial charge in [0.15, 0.2) is 11.5 Å². The van der Waals surface area contributed by atoms with Crippen molar-refractivity contribution in [2.24, 2.45) is 5.92 Å². The maximum atomic E-state index is 12.7. The van der Waals surface area contributed by atoms with Crippen LogP contribution in [0.3, 0.4) is 0 Å². The van der Waals surface area contributed by atoms with Crippen molar-refractivity contribution in [3.8, 4) is 5.75 Å². The minimum absolute atomic E-state index is 0.0227. The molecule has 1 aliphatic rings. The van der Waals surface area contributed by atoms with Gasteiger partial charge in [-0.2, -0.15) is 0 Å². The normalized spacial score (nSPS) is 19.9. The van der Waals surface area contributed by atoms with Gasteiger partial charge in [0.1, 0.15) is 5.82 Å². The summed E-state index contributed by atoms with van der Waals surface area (Å²) in [7, 11) is 1.59. The van der Waals surface area contributed by atoms with Gasteiger partial charge in [-0.1, -0.05) is 37.2 Å². The Labute approximate surface area is 162 Å². The lowest BCUT2D eigenvalue weighted by Crippen LogP contribution is -2.23. The molecule has 7 heteroatoms. The Bertz CT molecular complexity index is 1060. The number of anilines is 1. The van der Waals surface area contributed by atoms with Crippen LogP contribution in [0, 0.1) is 12.8 Å². The standard InChI is InChI=1S/C20H19ClN4O2/c1-11-18(14-5-7-15(21)8-6-14)25(12(2)19(11)26)16-9-17(27-4)20-23-22-13(3)24(20)10-16/h5-11,18H,2H2,1,3-4H3. The third-order valence-corrected chi connectivity index (χ3v) is 5.33. The van der Waals surface area contributed by atoms with Crippen LogP contribution in [-0.2, 0) is 4.79 Å². The number of halogens is 1. The number of carbonyl (C=O) groups is 1. The van der Waals surface area contributed by atoms with E-state index in [-0.39, 0.29) is 17.7 Å². The molecule has 1 fully saturated rings. The van der Waals surface area contributed by atoms with Gasteiger partial charge in [0.2, 0.25) is 5.65 Å². The molecule has 1 aliphatic heterocycles. The summed E-state index contributed by atoms with van der Waals surface area (Å²) >= 11 is 6.04. The number of fused-ring (bicyclic) bond motifs is 1. The van der Waals surface area contributed by atoms with Crippen molar-refractivity contribution in [2.45, 2.75) is 19.9 Å². The Hall–Kier alpha value is -2.86. The van der Waals surface area contributed by atoms with E-state index in [2.05, 4.69) is 16.8 Å². The molecule has 2 aromatic heterocycles. The minimum Gasteiger partial charge on any atom is -0.493 e.